The molecule has 23 heavy (non-hydrogen) atoms. The molecule has 0 fully saturated rings. The Labute approximate surface area is 138 Å². The molecular formula is C14H33BO8. The summed E-state index contributed by atoms with van der Waals surface area (Å²) in [5.74, 6) is 0.823. The van der Waals surface area contributed by atoms with Crippen LogP contribution in [0.25, 0.3) is 0 Å². The van der Waals surface area contributed by atoms with E-state index in [9.17, 15) is 0 Å². The highest BCUT2D eigenvalue weighted by molar-refractivity contribution is 6.34. The summed E-state index contributed by atoms with van der Waals surface area (Å²) >= 11 is 0. The van der Waals surface area contributed by atoms with Crippen molar-refractivity contribution in [2.45, 2.75) is 51.7 Å². The molecule has 0 heterocycles. The van der Waals surface area contributed by atoms with Crippen molar-refractivity contribution in [2.75, 3.05) is 33.0 Å². The molecule has 0 spiro atoms. The van der Waals surface area contributed by atoms with E-state index in [1.54, 1.807) is 0 Å². The summed E-state index contributed by atoms with van der Waals surface area (Å²) in [6.45, 7) is 3.30. The van der Waals surface area contributed by atoms with Crippen LogP contribution in [0.15, 0.2) is 0 Å². The van der Waals surface area contributed by atoms with Crippen molar-refractivity contribution >= 4 is 7.32 Å². The van der Waals surface area contributed by atoms with Crippen LogP contribution in [0.2, 0.25) is 0 Å². The second-order valence-electron chi connectivity index (χ2n) is 5.61. The van der Waals surface area contributed by atoms with Gasteiger partial charge in [-0.3, -0.25) is 0 Å². The molecule has 0 saturated heterocycles. The first-order valence-corrected chi connectivity index (χ1v) is 7.97. The number of aliphatic hydroxyl groups is 5. The van der Waals surface area contributed by atoms with Crippen molar-refractivity contribution in [3.8, 4) is 0 Å². The van der Waals surface area contributed by atoms with Gasteiger partial charge in [-0.1, -0.05) is 33.1 Å². The Morgan fingerprint density at radius 3 is 1.65 bits per heavy atom. The Hall–Kier alpha value is -0.255. The zero-order chi connectivity index (χ0) is 18.1. The first kappa shape index (κ1) is 25.0. The average Bonchev–Trinajstić information content (AvgIpc) is 2.54. The summed E-state index contributed by atoms with van der Waals surface area (Å²) in [5, 5.41) is 51.7. The van der Waals surface area contributed by atoms with Crippen molar-refractivity contribution in [1.82, 2.24) is 0 Å². The lowest BCUT2D eigenvalue weighted by Gasteiger charge is -2.12. The van der Waals surface area contributed by atoms with Gasteiger partial charge >= 0.3 is 7.32 Å². The maximum absolute atomic E-state index is 8.91. The molecule has 8 nitrogen and oxygen atoms in total. The van der Waals surface area contributed by atoms with E-state index in [-0.39, 0.29) is 13.2 Å². The number of aliphatic hydroxyl groups excluding tert-OH is 5. The fraction of sp³-hybridized carbons (Fsp3) is 1.00. The molecule has 0 aromatic rings. The topological polar surface area (TPSA) is 140 Å². The Kier molecular flexibility index (Phi) is 19.7. The molecular weight excluding hydrogens is 307 g/mol. The Morgan fingerprint density at radius 2 is 1.30 bits per heavy atom. The van der Waals surface area contributed by atoms with Crippen molar-refractivity contribution < 1.29 is 39.9 Å². The molecule has 140 valence electrons. The third kappa shape index (κ3) is 21.7. The lowest BCUT2D eigenvalue weighted by atomic mass is 10.1. The molecule has 0 aliphatic carbocycles. The number of unbranched alkanes of at least 4 members (excludes halogenated alkanes) is 2. The predicted octanol–water partition coefficient (Wildman–Crippen LogP) is -1.10. The minimum absolute atomic E-state index is 0.285. The van der Waals surface area contributed by atoms with Crippen LogP contribution in [-0.2, 0) is 9.31 Å². The molecule has 6 N–H and O–H groups in total. The Bertz CT molecular complexity index is 219. The van der Waals surface area contributed by atoms with Gasteiger partial charge in [0.05, 0.1) is 38.6 Å². The van der Waals surface area contributed by atoms with Crippen LogP contribution in [0.1, 0.15) is 39.5 Å². The summed E-state index contributed by atoms with van der Waals surface area (Å²) in [4.78, 5) is 0. The van der Waals surface area contributed by atoms with E-state index in [4.69, 9.17) is 30.6 Å². The van der Waals surface area contributed by atoms with Crippen LogP contribution < -0.4 is 0 Å². The smallest absolute Gasteiger partial charge is 0.402 e. The zero-order valence-electron chi connectivity index (χ0n) is 14.2. The predicted molar refractivity (Wildman–Crippen MR) is 86.5 cm³/mol. The van der Waals surface area contributed by atoms with Gasteiger partial charge in [-0.05, 0) is 12.3 Å². The second-order valence-corrected chi connectivity index (χ2v) is 5.61. The molecule has 0 rings (SSSR count). The van der Waals surface area contributed by atoms with Crippen molar-refractivity contribution in [3.05, 3.63) is 0 Å². The molecule has 0 aromatic heterocycles. The van der Waals surface area contributed by atoms with E-state index in [1.165, 1.54) is 19.3 Å². The molecule has 0 amide bonds. The van der Waals surface area contributed by atoms with E-state index in [2.05, 4.69) is 23.2 Å². The lowest BCUT2D eigenvalue weighted by molar-refractivity contribution is 0.00621. The summed E-state index contributed by atoms with van der Waals surface area (Å²) in [5.41, 5.74) is 0. The highest BCUT2D eigenvalue weighted by Gasteiger charge is 2.18. The normalized spacial score (nSPS) is 13.4. The largest absolute Gasteiger partial charge is 0.636 e. The third-order valence-corrected chi connectivity index (χ3v) is 2.72. The van der Waals surface area contributed by atoms with Gasteiger partial charge in [-0.25, -0.2) is 0 Å². The van der Waals surface area contributed by atoms with Crippen molar-refractivity contribution in [2.24, 2.45) is 5.92 Å². The van der Waals surface area contributed by atoms with Gasteiger partial charge in [0.25, 0.3) is 0 Å². The van der Waals surface area contributed by atoms with Crippen LogP contribution in [-0.4, -0.2) is 83.1 Å². The van der Waals surface area contributed by atoms with Gasteiger partial charge in [0.1, 0.15) is 0 Å². The van der Waals surface area contributed by atoms with Crippen LogP contribution in [0.5, 0.6) is 0 Å². The summed E-state index contributed by atoms with van der Waals surface area (Å²) in [6.07, 6.45) is 2.58. The minimum Gasteiger partial charge on any atom is -0.402 e. The van der Waals surface area contributed by atoms with Gasteiger partial charge in [0.15, 0.2) is 0 Å². The second kappa shape index (κ2) is 18.1. The minimum atomic E-state index is -1.60. The standard InChI is InChI=1S/C8H18O.C6H15BO7/c1-8(2)6-4-3-5-7-9;8-1-5(10)3-13-7(12)14-4-6(11)2-9/h8-9H,3-7H2,1-2H3;5-6,8-12H,1-4H2. The molecule has 0 aliphatic heterocycles. The lowest BCUT2D eigenvalue weighted by Crippen LogP contribution is -2.32. The van der Waals surface area contributed by atoms with Gasteiger partial charge in [-0.15, -0.1) is 0 Å². The summed E-state index contributed by atoms with van der Waals surface area (Å²) in [7, 11) is -1.60. The van der Waals surface area contributed by atoms with E-state index >= 15 is 0 Å². The van der Waals surface area contributed by atoms with Gasteiger partial charge in [0.2, 0.25) is 0 Å². The molecule has 0 radical (unpaired) electrons. The quantitative estimate of drug-likeness (QED) is 0.183. The Morgan fingerprint density at radius 1 is 0.826 bits per heavy atom. The molecule has 2 unspecified atom stereocenters. The molecule has 0 aliphatic rings. The molecule has 0 saturated carbocycles. The van der Waals surface area contributed by atoms with E-state index in [0.717, 1.165) is 12.3 Å². The fourth-order valence-electron chi connectivity index (χ4n) is 1.38. The van der Waals surface area contributed by atoms with Crippen LogP contribution in [0.3, 0.4) is 0 Å². The maximum atomic E-state index is 8.91. The first-order valence-electron chi connectivity index (χ1n) is 7.97. The zero-order valence-corrected chi connectivity index (χ0v) is 14.2. The van der Waals surface area contributed by atoms with E-state index in [0.29, 0.717) is 6.61 Å². The van der Waals surface area contributed by atoms with Gasteiger partial charge in [0, 0.05) is 6.61 Å². The SMILES string of the molecule is CC(C)CCCCCO.OCC(O)COB(O)OCC(O)CO. The fourth-order valence-corrected chi connectivity index (χ4v) is 1.38. The highest BCUT2D eigenvalue weighted by atomic mass is 16.7. The number of hydrogen-bond acceptors (Lipinski definition) is 8. The van der Waals surface area contributed by atoms with Gasteiger partial charge < -0.3 is 39.9 Å². The van der Waals surface area contributed by atoms with E-state index < -0.39 is 32.7 Å². The maximum Gasteiger partial charge on any atom is 0.636 e. The van der Waals surface area contributed by atoms with Gasteiger partial charge in [-0.2, -0.15) is 0 Å². The third-order valence-electron chi connectivity index (χ3n) is 2.72. The highest BCUT2D eigenvalue weighted by Crippen LogP contribution is 2.07. The van der Waals surface area contributed by atoms with Crippen molar-refractivity contribution in [1.29, 1.82) is 0 Å². The summed E-state index contributed by atoms with van der Waals surface area (Å²) in [6, 6.07) is 0. The van der Waals surface area contributed by atoms with Crippen LogP contribution in [0, 0.1) is 5.92 Å². The summed E-state index contributed by atoms with van der Waals surface area (Å²) < 4.78 is 9.04. The van der Waals surface area contributed by atoms with E-state index in [1.807, 2.05) is 0 Å². The van der Waals surface area contributed by atoms with Crippen LogP contribution >= 0.6 is 0 Å². The number of hydrogen-bond donors (Lipinski definition) is 6. The Balaban J connectivity index is 0. The number of rotatable bonds is 13. The average molecular weight is 340 g/mol. The molecule has 9 heteroatoms. The molecule has 2 atom stereocenters. The van der Waals surface area contributed by atoms with Crippen LogP contribution in [0.4, 0.5) is 0 Å². The monoisotopic (exact) mass is 340 g/mol. The molecule has 0 bridgehead atoms. The van der Waals surface area contributed by atoms with Crippen molar-refractivity contribution in [3.63, 3.8) is 0 Å². The first-order chi connectivity index (χ1) is 10.9. The molecule has 0 aromatic carbocycles.